The molecule has 0 saturated carbocycles. The number of rotatable bonds is 6. The fourth-order valence-electron chi connectivity index (χ4n) is 3.13. The highest BCUT2D eigenvalue weighted by molar-refractivity contribution is 5.49. The Balaban J connectivity index is 1.51. The molecule has 6 heteroatoms. The maximum atomic E-state index is 10.8. The molecular weight excluding hydrogens is 290 g/mol. The smallest absolute Gasteiger partial charge is 0.224 e. The van der Waals surface area contributed by atoms with Crippen LogP contribution in [0.2, 0.25) is 0 Å². The molecule has 1 amide bonds. The lowest BCUT2D eigenvalue weighted by Crippen LogP contribution is -2.46. The van der Waals surface area contributed by atoms with Crippen LogP contribution in [0.4, 0.5) is 11.8 Å². The molecule has 6 nitrogen and oxygen atoms in total. The van der Waals surface area contributed by atoms with Crippen molar-refractivity contribution in [2.24, 2.45) is 0 Å². The first kappa shape index (κ1) is 15.8. The Bertz CT molecular complexity index is 552. The fraction of sp³-hybridized carbons (Fsp3) is 0.588. The van der Waals surface area contributed by atoms with Crippen LogP contribution in [0.25, 0.3) is 0 Å². The van der Waals surface area contributed by atoms with Crippen molar-refractivity contribution in [3.8, 4) is 0 Å². The molecule has 0 bridgehead atoms. The van der Waals surface area contributed by atoms with Gasteiger partial charge in [-0.25, -0.2) is 4.98 Å². The maximum Gasteiger partial charge on any atom is 0.224 e. The Morgan fingerprint density at radius 1 is 1.22 bits per heavy atom. The first-order chi connectivity index (χ1) is 11.3. The van der Waals surface area contributed by atoms with Crippen LogP contribution in [0.3, 0.4) is 0 Å². The highest BCUT2D eigenvalue weighted by Gasteiger charge is 2.17. The number of anilines is 2. The minimum atomic E-state index is 0.691. The molecule has 1 aromatic heterocycles. The largest absolute Gasteiger partial charge is 0.354 e. The Morgan fingerprint density at radius 2 is 2.09 bits per heavy atom. The summed E-state index contributed by atoms with van der Waals surface area (Å²) in [5.74, 6) is 1.63. The molecule has 0 spiro atoms. The van der Waals surface area contributed by atoms with E-state index in [2.05, 4.69) is 26.3 Å². The zero-order chi connectivity index (χ0) is 15.9. The lowest BCUT2D eigenvalue weighted by molar-refractivity contribution is -0.118. The zero-order valence-electron chi connectivity index (χ0n) is 13.6. The van der Waals surface area contributed by atoms with Crippen LogP contribution in [0.15, 0.2) is 23.9 Å². The summed E-state index contributed by atoms with van der Waals surface area (Å²) >= 11 is 0. The summed E-state index contributed by atoms with van der Waals surface area (Å²) in [6, 6.07) is 1.94. The third kappa shape index (κ3) is 4.43. The maximum absolute atomic E-state index is 10.8. The van der Waals surface area contributed by atoms with Gasteiger partial charge in [-0.1, -0.05) is 11.6 Å². The first-order valence-electron chi connectivity index (χ1n) is 8.54. The molecule has 1 fully saturated rings. The molecular formula is C17H25N5O. The third-order valence-electron chi connectivity index (χ3n) is 4.54. The number of nitrogens with one attached hydrogen (secondary N) is 1. The average Bonchev–Trinajstić information content (AvgIpc) is 2.63. The van der Waals surface area contributed by atoms with Crippen molar-refractivity contribution in [3.05, 3.63) is 23.9 Å². The summed E-state index contributed by atoms with van der Waals surface area (Å²) in [4.78, 5) is 23.7. The molecule has 0 radical (unpaired) electrons. The van der Waals surface area contributed by atoms with Crippen LogP contribution >= 0.6 is 0 Å². The van der Waals surface area contributed by atoms with Crippen molar-refractivity contribution in [2.45, 2.75) is 32.1 Å². The Morgan fingerprint density at radius 3 is 2.83 bits per heavy atom. The van der Waals surface area contributed by atoms with Crippen LogP contribution < -0.4 is 10.2 Å². The monoisotopic (exact) mass is 315 g/mol. The van der Waals surface area contributed by atoms with E-state index >= 15 is 0 Å². The van der Waals surface area contributed by atoms with Crippen LogP contribution in [-0.2, 0) is 4.79 Å². The second-order valence-electron chi connectivity index (χ2n) is 6.15. The number of amides is 1. The molecule has 1 aromatic rings. The molecule has 2 heterocycles. The molecule has 1 saturated heterocycles. The van der Waals surface area contributed by atoms with Crippen molar-refractivity contribution in [3.63, 3.8) is 0 Å². The predicted molar refractivity (Wildman–Crippen MR) is 91.5 cm³/mol. The van der Waals surface area contributed by atoms with Gasteiger partial charge in [0.2, 0.25) is 12.4 Å². The molecule has 1 N–H and O–H groups in total. The van der Waals surface area contributed by atoms with E-state index in [4.69, 9.17) is 0 Å². The van der Waals surface area contributed by atoms with E-state index < -0.39 is 0 Å². The van der Waals surface area contributed by atoms with Crippen LogP contribution in [0, 0.1) is 0 Å². The summed E-state index contributed by atoms with van der Waals surface area (Å²) in [6.07, 6.45) is 11.3. The molecule has 2 aliphatic rings. The summed E-state index contributed by atoms with van der Waals surface area (Å²) in [5.41, 5.74) is 1.56. The van der Waals surface area contributed by atoms with E-state index in [9.17, 15) is 4.79 Å². The quantitative estimate of drug-likeness (QED) is 0.643. The molecule has 0 atom stereocenters. The van der Waals surface area contributed by atoms with Gasteiger partial charge < -0.3 is 15.1 Å². The van der Waals surface area contributed by atoms with Gasteiger partial charge in [-0.2, -0.15) is 4.98 Å². The zero-order valence-corrected chi connectivity index (χ0v) is 13.6. The van der Waals surface area contributed by atoms with Crippen molar-refractivity contribution < 1.29 is 4.79 Å². The van der Waals surface area contributed by atoms with E-state index in [0.29, 0.717) is 5.95 Å². The van der Waals surface area contributed by atoms with Gasteiger partial charge in [-0.3, -0.25) is 4.79 Å². The van der Waals surface area contributed by atoms with Crippen molar-refractivity contribution >= 4 is 18.2 Å². The van der Waals surface area contributed by atoms with Crippen molar-refractivity contribution in [1.82, 2.24) is 14.9 Å². The second kappa shape index (κ2) is 7.94. The molecule has 1 aliphatic carbocycles. The average molecular weight is 315 g/mol. The highest BCUT2D eigenvalue weighted by Crippen LogP contribution is 2.20. The number of hydrogen-bond acceptors (Lipinski definition) is 5. The Hall–Kier alpha value is -2.11. The number of carbonyl (C=O) groups is 1. The van der Waals surface area contributed by atoms with E-state index in [1.165, 1.54) is 25.7 Å². The van der Waals surface area contributed by atoms with Gasteiger partial charge in [0.05, 0.1) is 0 Å². The van der Waals surface area contributed by atoms with Crippen LogP contribution in [-0.4, -0.2) is 54.0 Å². The molecule has 0 unspecified atom stereocenters. The summed E-state index contributed by atoms with van der Waals surface area (Å²) in [7, 11) is 0. The fourth-order valence-corrected chi connectivity index (χ4v) is 3.13. The van der Waals surface area contributed by atoms with Gasteiger partial charge in [0.15, 0.2) is 0 Å². The summed E-state index contributed by atoms with van der Waals surface area (Å²) < 4.78 is 0. The van der Waals surface area contributed by atoms with Gasteiger partial charge in [-0.15, -0.1) is 0 Å². The van der Waals surface area contributed by atoms with Gasteiger partial charge in [-0.05, 0) is 38.2 Å². The Labute approximate surface area is 137 Å². The molecule has 0 aromatic carbocycles. The predicted octanol–water partition coefficient (Wildman–Crippen LogP) is 2.06. The first-order valence-corrected chi connectivity index (χ1v) is 8.54. The number of aromatic nitrogens is 2. The molecule has 124 valence electrons. The molecule has 3 rings (SSSR count). The lowest BCUT2D eigenvalue weighted by atomic mass is 9.97. The normalized spacial score (nSPS) is 18.5. The van der Waals surface area contributed by atoms with E-state index in [-0.39, 0.29) is 0 Å². The second-order valence-corrected chi connectivity index (χ2v) is 6.15. The van der Waals surface area contributed by atoms with E-state index in [0.717, 1.165) is 51.4 Å². The third-order valence-corrected chi connectivity index (χ3v) is 4.54. The van der Waals surface area contributed by atoms with Crippen molar-refractivity contribution in [2.75, 3.05) is 42.9 Å². The number of nitrogens with zero attached hydrogens (tertiary/aromatic N) is 4. The van der Waals surface area contributed by atoms with Gasteiger partial charge in [0, 0.05) is 38.9 Å². The topological polar surface area (TPSA) is 61.4 Å². The lowest BCUT2D eigenvalue weighted by Gasteiger charge is -2.33. The summed E-state index contributed by atoms with van der Waals surface area (Å²) in [6.45, 7) is 4.03. The summed E-state index contributed by atoms with van der Waals surface area (Å²) in [5, 5.41) is 3.34. The molecule has 1 aliphatic heterocycles. The van der Waals surface area contributed by atoms with E-state index in [1.807, 2.05) is 6.07 Å². The number of allylic oxidation sites excluding steroid dienone is 1. The minimum Gasteiger partial charge on any atom is -0.354 e. The minimum absolute atomic E-state index is 0.691. The van der Waals surface area contributed by atoms with Crippen molar-refractivity contribution in [1.29, 1.82) is 0 Å². The number of piperazine rings is 1. The van der Waals surface area contributed by atoms with E-state index in [1.54, 1.807) is 16.7 Å². The molecule has 23 heavy (non-hydrogen) atoms. The van der Waals surface area contributed by atoms with Crippen LogP contribution in [0.5, 0.6) is 0 Å². The van der Waals surface area contributed by atoms with Crippen LogP contribution in [0.1, 0.15) is 32.1 Å². The van der Waals surface area contributed by atoms with Gasteiger partial charge >= 0.3 is 0 Å². The van der Waals surface area contributed by atoms with Gasteiger partial charge in [0.1, 0.15) is 5.82 Å². The number of hydrogen-bond donors (Lipinski definition) is 1. The Kier molecular flexibility index (Phi) is 5.45. The van der Waals surface area contributed by atoms with Gasteiger partial charge in [0.25, 0.3) is 0 Å². The highest BCUT2D eigenvalue weighted by atomic mass is 16.1. The number of carbonyl (C=O) groups excluding carboxylic acids is 1. The standard InChI is InChI=1S/C17H25N5O/c23-14-21-10-12-22(13-11-21)16-7-9-19-17(20-16)18-8-6-15-4-2-1-3-5-15/h4,7,9,14H,1-3,5-6,8,10-13H2,(H,18,19,20). The SMILES string of the molecule is O=CN1CCN(c2ccnc(NCCC3=CCCCC3)n2)CC1.